The van der Waals surface area contributed by atoms with Gasteiger partial charge in [0.25, 0.3) is 5.91 Å². The van der Waals surface area contributed by atoms with Gasteiger partial charge in [0.1, 0.15) is 11.6 Å². The summed E-state index contributed by atoms with van der Waals surface area (Å²) in [7, 11) is 0. The number of aryl methyl sites for hydroxylation is 1. The second kappa shape index (κ2) is 4.96. The van der Waals surface area contributed by atoms with Gasteiger partial charge in [-0.15, -0.1) is 0 Å². The standard InChI is InChI=1S/C16H14FNO2/c1-11-6-7-13(8-14(11)17)18-9-12-4-2-3-5-15(12)20-10-16(18)19/h2-8H,9-10H2,1H3. The number of fused-ring (bicyclic) bond motifs is 1. The zero-order chi connectivity index (χ0) is 14.1. The third kappa shape index (κ3) is 2.25. The molecule has 0 fully saturated rings. The first-order valence-corrected chi connectivity index (χ1v) is 6.42. The van der Waals surface area contributed by atoms with Crippen molar-refractivity contribution in [1.29, 1.82) is 0 Å². The molecule has 0 saturated carbocycles. The van der Waals surface area contributed by atoms with Gasteiger partial charge in [0.05, 0.1) is 6.54 Å². The molecule has 1 amide bonds. The van der Waals surface area contributed by atoms with E-state index in [1.807, 2.05) is 24.3 Å². The highest BCUT2D eigenvalue weighted by atomic mass is 19.1. The van der Waals surface area contributed by atoms with E-state index in [1.54, 1.807) is 24.0 Å². The van der Waals surface area contributed by atoms with Crippen LogP contribution in [-0.4, -0.2) is 12.5 Å². The van der Waals surface area contributed by atoms with Gasteiger partial charge in [0, 0.05) is 11.3 Å². The highest BCUT2D eigenvalue weighted by Gasteiger charge is 2.23. The molecule has 0 aliphatic carbocycles. The van der Waals surface area contributed by atoms with Crippen molar-refractivity contribution in [2.24, 2.45) is 0 Å². The predicted molar refractivity (Wildman–Crippen MR) is 74.3 cm³/mol. The summed E-state index contributed by atoms with van der Waals surface area (Å²) in [6, 6.07) is 12.3. The normalized spacial score (nSPS) is 14.5. The summed E-state index contributed by atoms with van der Waals surface area (Å²) in [4.78, 5) is 13.7. The summed E-state index contributed by atoms with van der Waals surface area (Å²) in [5.41, 5.74) is 2.03. The van der Waals surface area contributed by atoms with Gasteiger partial charge in [-0.25, -0.2) is 4.39 Å². The molecular formula is C16H14FNO2. The Kier molecular flexibility index (Phi) is 3.14. The lowest BCUT2D eigenvalue weighted by Gasteiger charge is -2.20. The maximum absolute atomic E-state index is 13.7. The summed E-state index contributed by atoms with van der Waals surface area (Å²) in [6.07, 6.45) is 0. The van der Waals surface area contributed by atoms with Gasteiger partial charge in [0.2, 0.25) is 0 Å². The van der Waals surface area contributed by atoms with Gasteiger partial charge in [-0.2, -0.15) is 0 Å². The second-order valence-electron chi connectivity index (χ2n) is 4.81. The molecule has 102 valence electrons. The van der Waals surface area contributed by atoms with Crippen LogP contribution in [0, 0.1) is 12.7 Å². The van der Waals surface area contributed by atoms with Crippen LogP contribution in [0.15, 0.2) is 42.5 Å². The van der Waals surface area contributed by atoms with E-state index >= 15 is 0 Å². The van der Waals surface area contributed by atoms with Crippen LogP contribution in [0.1, 0.15) is 11.1 Å². The van der Waals surface area contributed by atoms with E-state index in [9.17, 15) is 9.18 Å². The van der Waals surface area contributed by atoms with Crippen molar-refractivity contribution in [2.45, 2.75) is 13.5 Å². The Hall–Kier alpha value is -2.36. The molecule has 0 aromatic heterocycles. The van der Waals surface area contributed by atoms with Crippen LogP contribution in [0.2, 0.25) is 0 Å². The number of hydrogen-bond donors (Lipinski definition) is 0. The molecular weight excluding hydrogens is 257 g/mol. The van der Waals surface area contributed by atoms with Crippen molar-refractivity contribution in [2.75, 3.05) is 11.5 Å². The SMILES string of the molecule is Cc1ccc(N2Cc3ccccc3OCC2=O)cc1F. The Bertz CT molecular complexity index is 669. The topological polar surface area (TPSA) is 29.5 Å². The summed E-state index contributed by atoms with van der Waals surface area (Å²) < 4.78 is 19.2. The zero-order valence-corrected chi connectivity index (χ0v) is 11.1. The number of carbonyl (C=O) groups is 1. The minimum atomic E-state index is -0.311. The van der Waals surface area contributed by atoms with Crippen molar-refractivity contribution in [3.05, 3.63) is 59.4 Å². The van der Waals surface area contributed by atoms with Gasteiger partial charge in [0.15, 0.2) is 6.61 Å². The predicted octanol–water partition coefficient (Wildman–Crippen LogP) is 3.06. The number of carbonyl (C=O) groups excluding carboxylic acids is 1. The molecule has 0 N–H and O–H groups in total. The first-order chi connectivity index (χ1) is 9.65. The summed E-state index contributed by atoms with van der Waals surface area (Å²) in [5, 5.41) is 0. The average Bonchev–Trinajstić information content (AvgIpc) is 2.62. The van der Waals surface area contributed by atoms with Gasteiger partial charge in [-0.1, -0.05) is 24.3 Å². The highest BCUT2D eigenvalue weighted by Crippen LogP contribution is 2.27. The average molecular weight is 271 g/mol. The largest absolute Gasteiger partial charge is 0.483 e. The van der Waals surface area contributed by atoms with E-state index < -0.39 is 0 Å². The molecule has 0 radical (unpaired) electrons. The summed E-state index contributed by atoms with van der Waals surface area (Å²) >= 11 is 0. The molecule has 0 spiro atoms. The molecule has 0 unspecified atom stereocenters. The minimum absolute atomic E-state index is 0.0352. The van der Waals surface area contributed by atoms with Crippen LogP contribution in [-0.2, 0) is 11.3 Å². The molecule has 2 aromatic carbocycles. The number of halogens is 1. The summed E-state index contributed by atoms with van der Waals surface area (Å²) in [6.45, 7) is 2.05. The first-order valence-electron chi connectivity index (χ1n) is 6.42. The fourth-order valence-corrected chi connectivity index (χ4v) is 2.24. The van der Waals surface area contributed by atoms with Crippen LogP contribution in [0.4, 0.5) is 10.1 Å². The van der Waals surface area contributed by atoms with Gasteiger partial charge >= 0.3 is 0 Å². The molecule has 3 rings (SSSR count). The Morgan fingerprint density at radius 3 is 2.80 bits per heavy atom. The van der Waals surface area contributed by atoms with Crippen molar-refractivity contribution in [3.63, 3.8) is 0 Å². The molecule has 0 bridgehead atoms. The lowest BCUT2D eigenvalue weighted by molar-refractivity contribution is -0.120. The second-order valence-corrected chi connectivity index (χ2v) is 4.81. The van der Waals surface area contributed by atoms with E-state index in [0.717, 1.165) is 5.56 Å². The third-order valence-electron chi connectivity index (χ3n) is 3.42. The van der Waals surface area contributed by atoms with Crippen LogP contribution in [0.3, 0.4) is 0 Å². The molecule has 20 heavy (non-hydrogen) atoms. The fourth-order valence-electron chi connectivity index (χ4n) is 2.24. The van der Waals surface area contributed by atoms with E-state index in [2.05, 4.69) is 0 Å². The quantitative estimate of drug-likeness (QED) is 0.797. The number of nitrogens with zero attached hydrogens (tertiary/aromatic N) is 1. The molecule has 1 aliphatic heterocycles. The Morgan fingerprint density at radius 2 is 2.00 bits per heavy atom. The number of para-hydroxylation sites is 1. The van der Waals surface area contributed by atoms with E-state index in [4.69, 9.17) is 4.74 Å². The highest BCUT2D eigenvalue weighted by molar-refractivity contribution is 5.95. The maximum atomic E-state index is 13.7. The Labute approximate surface area is 116 Å². The minimum Gasteiger partial charge on any atom is -0.483 e. The van der Waals surface area contributed by atoms with E-state index in [-0.39, 0.29) is 18.3 Å². The number of rotatable bonds is 1. The Balaban J connectivity index is 1.99. The van der Waals surface area contributed by atoms with Crippen molar-refractivity contribution >= 4 is 11.6 Å². The van der Waals surface area contributed by atoms with E-state index in [1.165, 1.54) is 6.07 Å². The molecule has 1 heterocycles. The monoisotopic (exact) mass is 271 g/mol. The van der Waals surface area contributed by atoms with Crippen molar-refractivity contribution in [3.8, 4) is 5.75 Å². The number of amides is 1. The molecule has 0 saturated heterocycles. The first kappa shape index (κ1) is 12.7. The molecule has 0 atom stereocenters. The Morgan fingerprint density at radius 1 is 1.20 bits per heavy atom. The third-order valence-corrected chi connectivity index (χ3v) is 3.42. The van der Waals surface area contributed by atoms with Crippen LogP contribution >= 0.6 is 0 Å². The maximum Gasteiger partial charge on any atom is 0.265 e. The van der Waals surface area contributed by atoms with Crippen molar-refractivity contribution in [1.82, 2.24) is 0 Å². The zero-order valence-electron chi connectivity index (χ0n) is 11.1. The lowest BCUT2D eigenvalue weighted by atomic mass is 10.1. The molecule has 3 nitrogen and oxygen atoms in total. The number of benzene rings is 2. The fraction of sp³-hybridized carbons (Fsp3) is 0.188. The molecule has 4 heteroatoms. The van der Waals surface area contributed by atoms with Crippen LogP contribution in [0.25, 0.3) is 0 Å². The number of hydrogen-bond acceptors (Lipinski definition) is 2. The molecule has 2 aromatic rings. The number of anilines is 1. The van der Waals surface area contributed by atoms with Crippen LogP contribution in [0.5, 0.6) is 5.75 Å². The number of ether oxygens (including phenoxy) is 1. The molecule has 1 aliphatic rings. The van der Waals surface area contributed by atoms with Crippen LogP contribution < -0.4 is 9.64 Å². The van der Waals surface area contributed by atoms with Crippen molar-refractivity contribution < 1.29 is 13.9 Å². The smallest absolute Gasteiger partial charge is 0.265 e. The van der Waals surface area contributed by atoms with Gasteiger partial charge in [-0.3, -0.25) is 4.79 Å². The van der Waals surface area contributed by atoms with E-state index in [0.29, 0.717) is 23.5 Å². The van der Waals surface area contributed by atoms with Gasteiger partial charge in [-0.05, 0) is 30.7 Å². The van der Waals surface area contributed by atoms with Gasteiger partial charge < -0.3 is 9.64 Å². The summed E-state index contributed by atoms with van der Waals surface area (Å²) in [5.74, 6) is 0.217. The lowest BCUT2D eigenvalue weighted by Crippen LogP contribution is -2.32.